The fourth-order valence-electron chi connectivity index (χ4n) is 4.96. The van der Waals surface area contributed by atoms with Crippen LogP contribution in [0.2, 0.25) is 0 Å². The minimum absolute atomic E-state index is 0.132. The van der Waals surface area contributed by atoms with E-state index in [1.54, 1.807) is 23.1 Å². The quantitative estimate of drug-likeness (QED) is 0.279. The third-order valence-corrected chi connectivity index (χ3v) is 7.38. The minimum atomic E-state index is -0.688. The van der Waals surface area contributed by atoms with Gasteiger partial charge in [-0.05, 0) is 62.6 Å². The zero-order valence-electron chi connectivity index (χ0n) is 31.4. The monoisotopic (exact) mass is 732 g/mol. The van der Waals surface area contributed by atoms with Gasteiger partial charge in [-0.15, -0.1) is 0 Å². The van der Waals surface area contributed by atoms with Crippen molar-refractivity contribution in [1.29, 1.82) is 0 Å². The van der Waals surface area contributed by atoms with Gasteiger partial charge in [0, 0.05) is 45.7 Å². The molecule has 1 aliphatic heterocycles. The van der Waals surface area contributed by atoms with Gasteiger partial charge in [-0.1, -0.05) is 18.2 Å². The second-order valence-electron chi connectivity index (χ2n) is 12.9. The van der Waals surface area contributed by atoms with Gasteiger partial charge in [0.1, 0.15) is 5.60 Å². The highest BCUT2D eigenvalue weighted by molar-refractivity contribution is 5.73. The van der Waals surface area contributed by atoms with E-state index < -0.39 is 23.6 Å². The molecule has 1 heterocycles. The van der Waals surface area contributed by atoms with Gasteiger partial charge in [0.25, 0.3) is 0 Å². The maximum Gasteiger partial charge on any atom is 0.410 e. The van der Waals surface area contributed by atoms with E-state index in [2.05, 4.69) is 4.90 Å². The highest BCUT2D eigenvalue weighted by Crippen LogP contribution is 2.29. The van der Waals surface area contributed by atoms with Gasteiger partial charge < -0.3 is 52.4 Å². The number of hydrogen-bond acceptors (Lipinski definition) is 13. The molecule has 290 valence electrons. The zero-order chi connectivity index (χ0) is 37.6. The Bertz CT molecular complexity index is 1330. The Kier molecular flexibility index (Phi) is 19.4. The van der Waals surface area contributed by atoms with E-state index in [1.165, 1.54) is 13.8 Å². The van der Waals surface area contributed by atoms with E-state index in [0.29, 0.717) is 112 Å². The summed E-state index contributed by atoms with van der Waals surface area (Å²) in [6.45, 7) is 15.9. The van der Waals surface area contributed by atoms with E-state index in [-0.39, 0.29) is 11.5 Å². The van der Waals surface area contributed by atoms with Crippen LogP contribution in [0.4, 0.5) is 10.5 Å². The smallest absolute Gasteiger partial charge is 0.410 e. The van der Waals surface area contributed by atoms with Crippen molar-refractivity contribution in [1.82, 2.24) is 4.90 Å². The number of anilines is 1. The summed E-state index contributed by atoms with van der Waals surface area (Å²) in [5.74, 6) is -0.804. The van der Waals surface area contributed by atoms with Gasteiger partial charge in [0.2, 0.25) is 0 Å². The summed E-state index contributed by atoms with van der Waals surface area (Å²) < 4.78 is 50.1. The first-order valence-electron chi connectivity index (χ1n) is 17.8. The lowest BCUT2D eigenvalue weighted by Crippen LogP contribution is -2.37. The maximum atomic E-state index is 13.4. The van der Waals surface area contributed by atoms with E-state index in [9.17, 15) is 14.4 Å². The van der Waals surface area contributed by atoms with E-state index in [4.69, 9.17) is 42.6 Å². The lowest BCUT2D eigenvalue weighted by atomic mass is 10.1. The fraction of sp³-hybridized carbons (Fsp3) is 0.605. The normalized spacial score (nSPS) is 16.6. The molecular formula is C38H56N2O12. The Hall–Kier alpha value is -3.79. The Morgan fingerprint density at radius 2 is 1.08 bits per heavy atom. The first-order valence-corrected chi connectivity index (χ1v) is 17.8. The molecule has 3 rings (SSSR count). The molecule has 0 atom stereocenters. The number of carbonyl (C=O) groups excluding carboxylic acids is 3. The topological polar surface area (TPSA) is 141 Å². The second-order valence-corrected chi connectivity index (χ2v) is 12.9. The second kappa shape index (κ2) is 23.7. The maximum absolute atomic E-state index is 13.4. The zero-order valence-corrected chi connectivity index (χ0v) is 31.4. The predicted octanol–water partition coefficient (Wildman–Crippen LogP) is 4.44. The van der Waals surface area contributed by atoms with Gasteiger partial charge in [0.15, 0.2) is 11.5 Å². The molecule has 0 saturated carbocycles. The Balaban J connectivity index is 1.67. The number of esters is 2. The van der Waals surface area contributed by atoms with Crippen LogP contribution in [0.1, 0.15) is 45.7 Å². The summed E-state index contributed by atoms with van der Waals surface area (Å²) in [4.78, 5) is 40.4. The Labute approximate surface area is 307 Å². The van der Waals surface area contributed by atoms with Crippen LogP contribution < -0.4 is 14.4 Å². The molecule has 14 nitrogen and oxygen atoms in total. The number of rotatable bonds is 8. The summed E-state index contributed by atoms with van der Waals surface area (Å²) in [5.41, 5.74) is 2.00. The van der Waals surface area contributed by atoms with Gasteiger partial charge >= 0.3 is 18.0 Å². The van der Waals surface area contributed by atoms with E-state index >= 15 is 0 Å². The van der Waals surface area contributed by atoms with Crippen molar-refractivity contribution in [3.05, 3.63) is 53.6 Å². The number of carbonyl (C=O) groups is 3. The number of nitrogens with zero attached hydrogens (tertiary/aromatic N) is 2. The number of ether oxygens (including phenoxy) is 9. The van der Waals surface area contributed by atoms with Crippen LogP contribution in [-0.4, -0.2) is 127 Å². The molecule has 0 unspecified atom stereocenters. The van der Waals surface area contributed by atoms with Crippen LogP contribution in [0.25, 0.3) is 0 Å². The molecule has 14 heteroatoms. The Morgan fingerprint density at radius 1 is 0.635 bits per heavy atom. The minimum Gasteiger partial charge on any atom is -0.444 e. The lowest BCUT2D eigenvalue weighted by molar-refractivity contribution is -0.134. The number of benzene rings is 2. The van der Waals surface area contributed by atoms with Crippen molar-refractivity contribution in [2.75, 3.05) is 104 Å². The molecule has 1 fully saturated rings. The largest absolute Gasteiger partial charge is 0.444 e. The van der Waals surface area contributed by atoms with Crippen molar-refractivity contribution < 1.29 is 57.0 Å². The summed E-state index contributed by atoms with van der Waals surface area (Å²) in [6.07, 6.45) is -0.0258. The van der Waals surface area contributed by atoms with Crippen LogP contribution in [0, 0.1) is 0 Å². The molecule has 1 amide bonds. The average Bonchev–Trinajstić information content (AvgIpc) is 3.08. The van der Waals surface area contributed by atoms with Crippen LogP contribution in [0.5, 0.6) is 11.5 Å². The SMILES string of the molecule is CC(=O)Oc1ccc(CCN(Cc2ccc(N3CCOCCOCCOCCOCCOCCOCC3)cc2)C(=O)OC(C)(C)C)cc1OC(C)=O. The molecule has 0 bridgehead atoms. The Morgan fingerprint density at radius 3 is 1.54 bits per heavy atom. The van der Waals surface area contributed by atoms with Crippen molar-refractivity contribution in [3.8, 4) is 11.5 Å². The third kappa shape index (κ3) is 18.1. The third-order valence-electron chi connectivity index (χ3n) is 7.38. The van der Waals surface area contributed by atoms with Gasteiger partial charge in [-0.25, -0.2) is 4.79 Å². The van der Waals surface area contributed by atoms with Crippen LogP contribution in [0.15, 0.2) is 42.5 Å². The first kappa shape index (κ1) is 42.6. The molecule has 0 aromatic heterocycles. The number of hydrogen-bond donors (Lipinski definition) is 0. The lowest BCUT2D eigenvalue weighted by Gasteiger charge is -2.28. The fourth-order valence-corrected chi connectivity index (χ4v) is 4.96. The average molecular weight is 733 g/mol. The van der Waals surface area contributed by atoms with Crippen molar-refractivity contribution >= 4 is 23.7 Å². The summed E-state index contributed by atoms with van der Waals surface area (Å²) >= 11 is 0. The highest BCUT2D eigenvalue weighted by Gasteiger charge is 2.23. The molecule has 0 N–H and O–H groups in total. The molecule has 0 spiro atoms. The van der Waals surface area contributed by atoms with Crippen molar-refractivity contribution in [3.63, 3.8) is 0 Å². The standard InChI is InChI=1S/C38H56N2O12/c1-30(41)50-35-11-8-32(28-36(35)51-31(2)42)12-13-40(37(43)52-38(3,4)5)29-33-6-9-34(10-7-33)39-14-16-44-18-20-46-22-24-48-26-27-49-25-23-47-21-19-45-17-15-39/h6-11,28H,12-27,29H2,1-5H3. The first-order chi connectivity index (χ1) is 25.0. The predicted molar refractivity (Wildman–Crippen MR) is 193 cm³/mol. The number of amides is 1. The molecule has 0 radical (unpaired) electrons. The molecular weight excluding hydrogens is 676 g/mol. The molecule has 1 saturated heterocycles. The summed E-state index contributed by atoms with van der Waals surface area (Å²) in [6, 6.07) is 13.0. The highest BCUT2D eigenvalue weighted by atomic mass is 16.6. The molecule has 1 aliphatic rings. The van der Waals surface area contributed by atoms with Gasteiger partial charge in [-0.2, -0.15) is 0 Å². The molecule has 2 aromatic rings. The van der Waals surface area contributed by atoms with Crippen molar-refractivity contribution in [2.24, 2.45) is 0 Å². The van der Waals surface area contributed by atoms with Gasteiger partial charge in [-0.3, -0.25) is 9.59 Å². The van der Waals surface area contributed by atoms with Crippen LogP contribution in [0.3, 0.4) is 0 Å². The van der Waals surface area contributed by atoms with Crippen molar-refractivity contribution in [2.45, 2.75) is 53.2 Å². The van der Waals surface area contributed by atoms with E-state index in [0.717, 1.165) is 16.8 Å². The van der Waals surface area contributed by atoms with Crippen LogP contribution in [-0.2, 0) is 55.7 Å². The van der Waals surface area contributed by atoms with Gasteiger partial charge in [0.05, 0.1) is 79.3 Å². The van der Waals surface area contributed by atoms with E-state index in [1.807, 2.05) is 45.0 Å². The molecule has 0 aliphatic carbocycles. The molecule has 2 aromatic carbocycles. The molecule has 52 heavy (non-hydrogen) atoms. The van der Waals surface area contributed by atoms with Crippen LogP contribution >= 0.6 is 0 Å². The summed E-state index contributed by atoms with van der Waals surface area (Å²) in [7, 11) is 0. The summed E-state index contributed by atoms with van der Waals surface area (Å²) in [5, 5.41) is 0.